The highest BCUT2D eigenvalue weighted by Crippen LogP contribution is 2.01. The van der Waals surface area contributed by atoms with Crippen LogP contribution in [0.25, 0.3) is 0 Å². The summed E-state index contributed by atoms with van der Waals surface area (Å²) in [4.78, 5) is 7.47. The largest absolute Gasteiger partial charge is 0.502 e. The van der Waals surface area contributed by atoms with Gasteiger partial charge in [0.05, 0.1) is 0 Å². The molecular formula is CFNO2. The van der Waals surface area contributed by atoms with Gasteiger partial charge in [-0.2, -0.15) is 0 Å². The van der Waals surface area contributed by atoms with Gasteiger partial charge in [0.2, 0.25) is 0 Å². The molecule has 1 fully saturated rings. The van der Waals surface area contributed by atoms with Crippen LogP contribution < -0.4 is 0 Å². The molecule has 0 spiro atoms. The van der Waals surface area contributed by atoms with Crippen LogP contribution in [-0.2, 0) is 9.78 Å². The Morgan fingerprint density at radius 3 is 2.20 bits per heavy atom. The van der Waals surface area contributed by atoms with Crippen molar-refractivity contribution in [2.75, 3.05) is 0 Å². The summed E-state index contributed by atoms with van der Waals surface area (Å²) in [6.45, 7) is 0. The summed E-state index contributed by atoms with van der Waals surface area (Å²) in [5.74, 6) is 0. The lowest BCUT2D eigenvalue weighted by Gasteiger charge is -1.34. The van der Waals surface area contributed by atoms with Gasteiger partial charge in [0, 0.05) is 0 Å². The molecule has 1 aliphatic rings. The van der Waals surface area contributed by atoms with E-state index in [0.717, 1.165) is 0 Å². The molecule has 4 heteroatoms. The van der Waals surface area contributed by atoms with Crippen molar-refractivity contribution >= 4 is 6.08 Å². The van der Waals surface area contributed by atoms with E-state index in [-0.39, 0.29) is 6.08 Å². The quantitative estimate of drug-likeness (QED) is 0.305. The van der Waals surface area contributed by atoms with Crippen LogP contribution in [0.2, 0.25) is 0 Å². The highest BCUT2D eigenvalue weighted by molar-refractivity contribution is 5.72. The third kappa shape index (κ3) is 0.261. The molecule has 0 unspecified atom stereocenters. The smallest absolute Gasteiger partial charge is 0.215 e. The molecule has 0 N–H and O–H groups in total. The Morgan fingerprint density at radius 2 is 2.20 bits per heavy atom. The van der Waals surface area contributed by atoms with E-state index in [1.54, 1.807) is 0 Å². The summed E-state index contributed by atoms with van der Waals surface area (Å²) >= 11 is 0. The lowest BCUT2D eigenvalue weighted by Crippen LogP contribution is -1.52. The van der Waals surface area contributed by atoms with E-state index < -0.39 is 0 Å². The van der Waals surface area contributed by atoms with E-state index in [9.17, 15) is 4.48 Å². The molecule has 0 aliphatic carbocycles. The molecule has 0 saturated carbocycles. The molecule has 1 saturated heterocycles. The lowest BCUT2D eigenvalue weighted by molar-refractivity contribution is 0.0850. The molecule has 1 aliphatic heterocycles. The second-order valence-electron chi connectivity index (χ2n) is 0.517. The Hall–Kier alpha value is -0.800. The minimum atomic E-state index is -0.287. The van der Waals surface area contributed by atoms with Gasteiger partial charge in [-0.05, 0) is 5.21 Å². The zero-order valence-corrected chi connectivity index (χ0v) is 2.14. The molecule has 1 rings (SSSR count). The fourth-order valence-corrected chi connectivity index (χ4v) is 0.0468. The van der Waals surface area contributed by atoms with Crippen molar-refractivity contribution in [3.8, 4) is 0 Å². The maximum absolute atomic E-state index is 10.5. The van der Waals surface area contributed by atoms with Crippen molar-refractivity contribution in [3.05, 3.63) is 0 Å². The molecule has 28 valence electrons. The molecule has 0 amide bonds. The molecule has 0 radical (unpaired) electrons. The summed E-state index contributed by atoms with van der Waals surface area (Å²) < 4.78 is 10.5. The Bertz CT molecular complexity index is 64.0. The first-order valence-electron chi connectivity index (χ1n) is 0.968. The number of hydrogen-bond acceptors (Lipinski definition) is 3. The monoisotopic (exact) mass is 77.0 g/mol. The molecule has 0 atom stereocenters. The summed E-state index contributed by atoms with van der Waals surface area (Å²) in [7, 11) is 0. The van der Waals surface area contributed by atoms with Crippen LogP contribution in [0, 0.1) is 0 Å². The van der Waals surface area contributed by atoms with Crippen molar-refractivity contribution in [2.45, 2.75) is 0 Å². The van der Waals surface area contributed by atoms with E-state index >= 15 is 0 Å². The first-order valence-corrected chi connectivity index (χ1v) is 0.968. The van der Waals surface area contributed by atoms with Crippen LogP contribution in [0.3, 0.4) is 0 Å². The van der Waals surface area contributed by atoms with E-state index in [1.807, 2.05) is 5.21 Å². The van der Waals surface area contributed by atoms with Gasteiger partial charge in [-0.25, -0.2) is 9.78 Å². The van der Waals surface area contributed by atoms with Gasteiger partial charge in [-0.1, -0.05) is 4.48 Å². The normalized spacial score (nSPS) is 15.8. The predicted octanol–water partition coefficient (Wildman–Crippen LogP) is 0.189. The van der Waals surface area contributed by atoms with E-state index in [2.05, 4.69) is 9.78 Å². The molecule has 0 aromatic heterocycles. The Kier molecular flexibility index (Phi) is 0.279. The van der Waals surface area contributed by atoms with Crippen molar-refractivity contribution in [3.63, 3.8) is 0 Å². The molecule has 1 heterocycles. The van der Waals surface area contributed by atoms with Gasteiger partial charge >= 0.3 is 6.08 Å². The molecule has 0 aromatic carbocycles. The fourth-order valence-electron chi connectivity index (χ4n) is 0.0468. The summed E-state index contributed by atoms with van der Waals surface area (Å²) in [6, 6.07) is 0. The van der Waals surface area contributed by atoms with Gasteiger partial charge < -0.3 is 0 Å². The highest BCUT2D eigenvalue weighted by Gasteiger charge is 2.20. The minimum Gasteiger partial charge on any atom is -0.215 e. The second-order valence-corrected chi connectivity index (χ2v) is 0.517. The van der Waals surface area contributed by atoms with Gasteiger partial charge in [-0.3, -0.25) is 0 Å². The minimum absolute atomic E-state index is 0.287. The Labute approximate surface area is 26.9 Å². The first kappa shape index (κ1) is 2.44. The van der Waals surface area contributed by atoms with E-state index in [4.69, 9.17) is 0 Å². The molecule has 5 heavy (non-hydrogen) atoms. The third-order valence-electron chi connectivity index (χ3n) is 0.227. The van der Waals surface area contributed by atoms with Crippen LogP contribution in [0.1, 0.15) is 0 Å². The summed E-state index contributed by atoms with van der Waals surface area (Å²) in [5.41, 5.74) is 0. The SMILES string of the molecule is FN=C1OO1. The molecule has 0 bridgehead atoms. The third-order valence-corrected chi connectivity index (χ3v) is 0.227. The van der Waals surface area contributed by atoms with E-state index in [0.29, 0.717) is 0 Å². The first-order chi connectivity index (χ1) is 2.43. The zero-order chi connectivity index (χ0) is 3.70. The summed E-state index contributed by atoms with van der Waals surface area (Å²) in [6.07, 6.45) is -0.287. The van der Waals surface area contributed by atoms with Crippen LogP contribution in [0.15, 0.2) is 5.21 Å². The average Bonchev–Trinajstić information content (AvgIpc) is 2.12. The van der Waals surface area contributed by atoms with Crippen LogP contribution in [0.4, 0.5) is 4.48 Å². The molecular weight excluding hydrogens is 77.0 g/mol. The predicted molar refractivity (Wildman–Crippen MR) is 10.7 cm³/mol. The zero-order valence-electron chi connectivity index (χ0n) is 2.14. The van der Waals surface area contributed by atoms with Gasteiger partial charge in [0.15, 0.2) is 0 Å². The summed E-state index contributed by atoms with van der Waals surface area (Å²) in [5, 5.41) is 1.97. The van der Waals surface area contributed by atoms with Gasteiger partial charge in [-0.15, -0.1) is 0 Å². The molecule has 0 aromatic rings. The highest BCUT2D eigenvalue weighted by atomic mass is 19.2. The standard InChI is InChI=1S/CFNO2/c2-3-1-4-5-1. The van der Waals surface area contributed by atoms with Crippen molar-refractivity contribution in [1.82, 2.24) is 0 Å². The van der Waals surface area contributed by atoms with E-state index in [1.165, 1.54) is 0 Å². The average molecular weight is 77.0 g/mol. The fraction of sp³-hybridized carbons (Fsp3) is 0. The number of hydrogen-bond donors (Lipinski definition) is 0. The van der Waals surface area contributed by atoms with Crippen molar-refractivity contribution in [1.29, 1.82) is 0 Å². The maximum atomic E-state index is 10.5. The van der Waals surface area contributed by atoms with Crippen LogP contribution in [0.5, 0.6) is 0 Å². The van der Waals surface area contributed by atoms with Gasteiger partial charge in [0.25, 0.3) is 0 Å². The Balaban J connectivity index is 2.46. The second kappa shape index (κ2) is 0.573. The number of nitrogens with zero attached hydrogens (tertiary/aromatic N) is 1. The van der Waals surface area contributed by atoms with Crippen LogP contribution >= 0.6 is 0 Å². The van der Waals surface area contributed by atoms with Crippen molar-refractivity contribution < 1.29 is 14.3 Å². The number of halogens is 1. The Morgan fingerprint density at radius 1 is 1.60 bits per heavy atom. The van der Waals surface area contributed by atoms with Crippen LogP contribution in [-0.4, -0.2) is 6.08 Å². The van der Waals surface area contributed by atoms with Crippen molar-refractivity contribution in [2.24, 2.45) is 5.21 Å². The maximum Gasteiger partial charge on any atom is 0.502 e. The topological polar surface area (TPSA) is 37.4 Å². The molecule has 3 nitrogen and oxygen atoms in total. The lowest BCUT2D eigenvalue weighted by atomic mass is 11.4. The number of rotatable bonds is 0. The van der Waals surface area contributed by atoms with Gasteiger partial charge in [0.1, 0.15) is 0 Å².